The Hall–Kier alpha value is -2.07. The molecule has 0 aliphatic rings. The van der Waals surface area contributed by atoms with Crippen molar-refractivity contribution >= 4 is 29.9 Å². The number of fused-ring (bicyclic) bond motifs is 1. The number of methoxy groups -OCH3 is 1. The predicted octanol–water partition coefficient (Wildman–Crippen LogP) is 4.78. The highest BCUT2D eigenvalue weighted by atomic mass is 32.2. The van der Waals surface area contributed by atoms with Gasteiger partial charge in [0.05, 0.1) is 39.9 Å². The largest absolute Gasteiger partial charge is 0.493 e. The van der Waals surface area contributed by atoms with Crippen LogP contribution < -0.4 is 4.74 Å². The van der Waals surface area contributed by atoms with Crippen molar-refractivity contribution in [2.24, 2.45) is 0 Å². The number of pyridine rings is 1. The number of rotatable bonds is 13. The van der Waals surface area contributed by atoms with Gasteiger partial charge in [-0.3, -0.25) is 13.8 Å². The molecule has 1 atom stereocenters. The molecule has 0 aliphatic carbocycles. The number of hydrogen-bond acceptors (Lipinski definition) is 6. The first-order valence-corrected chi connectivity index (χ1v) is 16.3. The van der Waals surface area contributed by atoms with Crippen LogP contribution in [0.2, 0.25) is 25.7 Å². The van der Waals surface area contributed by atoms with Gasteiger partial charge in [0.15, 0.2) is 0 Å². The third-order valence-corrected chi connectivity index (χ3v) is 8.28. The molecule has 3 rings (SSSR count). The molecule has 0 fully saturated rings. The second kappa shape index (κ2) is 11.9. The van der Waals surface area contributed by atoms with Gasteiger partial charge in [0, 0.05) is 46.6 Å². The first-order valence-electron chi connectivity index (χ1n) is 11.3. The van der Waals surface area contributed by atoms with Gasteiger partial charge < -0.3 is 14.2 Å². The van der Waals surface area contributed by atoms with Crippen LogP contribution in [0.4, 0.5) is 0 Å². The third-order valence-electron chi connectivity index (χ3n) is 5.32. The van der Waals surface area contributed by atoms with E-state index in [0.717, 1.165) is 40.5 Å². The number of para-hydroxylation sites is 2. The van der Waals surface area contributed by atoms with Gasteiger partial charge in [-0.15, -0.1) is 0 Å². The Morgan fingerprint density at radius 2 is 1.88 bits per heavy atom. The SMILES string of the molecule is COCCCOc1ccnc(C[S@@](=O)c2nc3ccccc3n2COCC[Si](C)(C)C)c1C. The maximum Gasteiger partial charge on any atom is 0.202 e. The fraction of sp³-hybridized carbons (Fsp3) is 0.500. The van der Waals surface area contributed by atoms with Crippen molar-refractivity contribution in [1.82, 2.24) is 14.5 Å². The molecule has 0 unspecified atom stereocenters. The summed E-state index contributed by atoms with van der Waals surface area (Å²) in [4.78, 5) is 9.15. The molecule has 0 saturated heterocycles. The minimum atomic E-state index is -1.39. The number of benzene rings is 1. The smallest absolute Gasteiger partial charge is 0.202 e. The van der Waals surface area contributed by atoms with Gasteiger partial charge in [-0.1, -0.05) is 31.8 Å². The van der Waals surface area contributed by atoms with Gasteiger partial charge in [0.1, 0.15) is 12.5 Å². The predicted molar refractivity (Wildman–Crippen MR) is 135 cm³/mol. The van der Waals surface area contributed by atoms with E-state index >= 15 is 0 Å². The van der Waals surface area contributed by atoms with Gasteiger partial charge >= 0.3 is 0 Å². The summed E-state index contributed by atoms with van der Waals surface area (Å²) in [5, 5.41) is 0.511. The molecular formula is C24H35N3O4SSi. The van der Waals surface area contributed by atoms with E-state index in [1.165, 1.54) is 0 Å². The molecule has 0 spiro atoms. The highest BCUT2D eigenvalue weighted by Crippen LogP contribution is 2.24. The molecule has 0 aliphatic heterocycles. The Morgan fingerprint density at radius 3 is 2.64 bits per heavy atom. The van der Waals surface area contributed by atoms with Crippen molar-refractivity contribution in [3.8, 4) is 5.75 Å². The van der Waals surface area contributed by atoms with Crippen LogP contribution in [0.25, 0.3) is 11.0 Å². The van der Waals surface area contributed by atoms with Crippen molar-refractivity contribution in [2.75, 3.05) is 26.9 Å². The molecule has 0 saturated carbocycles. The number of imidazole rings is 1. The Kier molecular flexibility index (Phi) is 9.19. The van der Waals surface area contributed by atoms with Gasteiger partial charge in [0.2, 0.25) is 5.16 Å². The van der Waals surface area contributed by atoms with Crippen molar-refractivity contribution < 1.29 is 18.4 Å². The Morgan fingerprint density at radius 1 is 1.09 bits per heavy atom. The van der Waals surface area contributed by atoms with Crippen molar-refractivity contribution in [3.05, 3.63) is 47.8 Å². The summed E-state index contributed by atoms with van der Waals surface area (Å²) in [7, 11) is -0.892. The van der Waals surface area contributed by atoms with Gasteiger partial charge in [-0.05, 0) is 31.2 Å². The fourth-order valence-electron chi connectivity index (χ4n) is 3.32. The van der Waals surface area contributed by atoms with E-state index in [9.17, 15) is 4.21 Å². The summed E-state index contributed by atoms with van der Waals surface area (Å²) in [5.41, 5.74) is 3.39. The van der Waals surface area contributed by atoms with Crippen LogP contribution in [0.5, 0.6) is 5.75 Å². The third kappa shape index (κ3) is 7.20. The van der Waals surface area contributed by atoms with E-state index < -0.39 is 18.9 Å². The number of hydrogen-bond donors (Lipinski definition) is 0. The summed E-state index contributed by atoms with van der Waals surface area (Å²) in [5.74, 6) is 1.02. The maximum absolute atomic E-state index is 13.4. The molecule has 1 aromatic carbocycles. The number of nitrogens with zero attached hydrogens (tertiary/aromatic N) is 3. The van der Waals surface area contributed by atoms with Crippen LogP contribution >= 0.6 is 0 Å². The van der Waals surface area contributed by atoms with Crippen LogP contribution in [0, 0.1) is 6.92 Å². The van der Waals surface area contributed by atoms with Crippen LogP contribution in [-0.2, 0) is 32.8 Å². The summed E-state index contributed by atoms with van der Waals surface area (Å²) in [6.45, 7) is 11.2. The summed E-state index contributed by atoms with van der Waals surface area (Å²) >= 11 is 0. The molecule has 0 N–H and O–H groups in total. The van der Waals surface area contributed by atoms with E-state index in [1.54, 1.807) is 13.3 Å². The summed E-state index contributed by atoms with van der Waals surface area (Å²) < 4.78 is 32.3. The van der Waals surface area contributed by atoms with E-state index in [2.05, 4.69) is 29.6 Å². The van der Waals surface area contributed by atoms with E-state index in [1.807, 2.05) is 41.8 Å². The van der Waals surface area contributed by atoms with Gasteiger partial charge in [-0.2, -0.15) is 0 Å². The summed E-state index contributed by atoms with van der Waals surface area (Å²) in [6, 6.07) is 10.8. The Labute approximate surface area is 200 Å². The maximum atomic E-state index is 13.4. The minimum absolute atomic E-state index is 0.263. The monoisotopic (exact) mass is 489 g/mol. The van der Waals surface area contributed by atoms with Crippen molar-refractivity contribution in [2.45, 2.75) is 56.7 Å². The van der Waals surface area contributed by atoms with Crippen LogP contribution in [0.3, 0.4) is 0 Å². The first-order chi connectivity index (χ1) is 15.8. The second-order valence-electron chi connectivity index (χ2n) is 9.22. The van der Waals surface area contributed by atoms with Crippen LogP contribution in [0.15, 0.2) is 41.7 Å². The molecule has 3 aromatic rings. The molecule has 0 radical (unpaired) electrons. The standard InChI is InChI=1S/C24H35N3O4SSi/c1-19-21(25-12-11-23(19)31-14-8-13-29-2)17-32(28)24-26-20-9-6-7-10-22(20)27(24)18-30-15-16-33(3,4)5/h6-7,9-12H,8,13-18H2,1-5H3/t32-/m1/s1. The lowest BCUT2D eigenvalue weighted by molar-refractivity contribution is 0.0840. The molecule has 2 aromatic heterocycles. The van der Waals surface area contributed by atoms with Crippen molar-refractivity contribution in [1.29, 1.82) is 0 Å². The molecule has 2 heterocycles. The Balaban J connectivity index is 1.77. The molecule has 180 valence electrons. The quantitative estimate of drug-likeness (QED) is 0.254. The zero-order chi connectivity index (χ0) is 23.8. The molecule has 7 nitrogen and oxygen atoms in total. The van der Waals surface area contributed by atoms with Gasteiger partial charge in [0.25, 0.3) is 0 Å². The first kappa shape index (κ1) is 25.5. The highest BCUT2D eigenvalue weighted by Gasteiger charge is 2.20. The Bertz CT molecular complexity index is 1080. The summed E-state index contributed by atoms with van der Waals surface area (Å²) in [6.07, 6.45) is 2.51. The molecule has 33 heavy (non-hydrogen) atoms. The van der Waals surface area contributed by atoms with E-state index in [-0.39, 0.29) is 5.75 Å². The lowest BCUT2D eigenvalue weighted by atomic mass is 10.2. The number of ether oxygens (including phenoxy) is 3. The highest BCUT2D eigenvalue weighted by molar-refractivity contribution is 7.84. The second-order valence-corrected chi connectivity index (χ2v) is 16.2. The molecule has 0 amide bonds. The van der Waals surface area contributed by atoms with Gasteiger partial charge in [-0.25, -0.2) is 4.98 Å². The zero-order valence-corrected chi connectivity index (χ0v) is 22.1. The normalized spacial score (nSPS) is 12.9. The van der Waals surface area contributed by atoms with E-state index in [0.29, 0.717) is 31.7 Å². The molecular weight excluding hydrogens is 454 g/mol. The van der Waals surface area contributed by atoms with Crippen molar-refractivity contribution in [3.63, 3.8) is 0 Å². The number of aromatic nitrogens is 3. The lowest BCUT2D eigenvalue weighted by Gasteiger charge is -2.16. The molecule has 0 bridgehead atoms. The average molecular weight is 490 g/mol. The van der Waals surface area contributed by atoms with Crippen LogP contribution in [-0.4, -0.2) is 53.7 Å². The minimum Gasteiger partial charge on any atom is -0.493 e. The lowest BCUT2D eigenvalue weighted by Crippen LogP contribution is -2.22. The topological polar surface area (TPSA) is 75.5 Å². The zero-order valence-electron chi connectivity index (χ0n) is 20.3. The molecule has 9 heteroatoms. The average Bonchev–Trinajstić information content (AvgIpc) is 3.15. The van der Waals surface area contributed by atoms with Crippen LogP contribution in [0.1, 0.15) is 17.7 Å². The van der Waals surface area contributed by atoms with E-state index in [4.69, 9.17) is 14.2 Å². The fourth-order valence-corrected chi connectivity index (χ4v) is 5.34.